The smallest absolute Gasteiger partial charge is 0.406 e. The van der Waals surface area contributed by atoms with Gasteiger partial charge in [-0.05, 0) is 18.2 Å². The number of halogens is 5. The molecule has 0 amide bonds. The highest BCUT2D eigenvalue weighted by molar-refractivity contribution is 5.85. The van der Waals surface area contributed by atoms with Crippen molar-refractivity contribution < 1.29 is 27.4 Å². The molecular formula is C12H16ClF4NO2. The number of ether oxygens (including phenoxy) is 1. The number of hydrogen-bond donors (Lipinski definition) is 2. The van der Waals surface area contributed by atoms with E-state index >= 15 is 0 Å². The third kappa shape index (κ3) is 4.81. The van der Waals surface area contributed by atoms with Crippen molar-refractivity contribution in [2.75, 3.05) is 6.61 Å². The van der Waals surface area contributed by atoms with Gasteiger partial charge in [0.05, 0.1) is 0 Å². The van der Waals surface area contributed by atoms with Crippen LogP contribution in [0.5, 0.6) is 5.75 Å². The Morgan fingerprint density at radius 2 is 1.85 bits per heavy atom. The van der Waals surface area contributed by atoms with Crippen LogP contribution in [0.1, 0.15) is 25.5 Å². The minimum atomic E-state index is -4.86. The summed E-state index contributed by atoms with van der Waals surface area (Å²) in [6.07, 6.45) is -4.86. The van der Waals surface area contributed by atoms with Gasteiger partial charge in [-0.25, -0.2) is 4.39 Å². The number of aliphatic hydroxyl groups is 1. The minimum Gasteiger partial charge on any atom is -0.406 e. The normalized spacial score (nSPS) is 13.6. The van der Waals surface area contributed by atoms with Gasteiger partial charge in [-0.2, -0.15) is 0 Å². The molecule has 3 nitrogen and oxygen atoms in total. The molecule has 8 heteroatoms. The highest BCUT2D eigenvalue weighted by Crippen LogP contribution is 2.34. The van der Waals surface area contributed by atoms with E-state index in [2.05, 4.69) is 4.74 Å². The van der Waals surface area contributed by atoms with Crippen molar-refractivity contribution in [3.8, 4) is 5.75 Å². The van der Waals surface area contributed by atoms with Crippen LogP contribution in [-0.4, -0.2) is 18.1 Å². The molecule has 20 heavy (non-hydrogen) atoms. The van der Waals surface area contributed by atoms with Crippen molar-refractivity contribution in [2.24, 2.45) is 11.1 Å². The van der Waals surface area contributed by atoms with E-state index in [9.17, 15) is 17.6 Å². The fourth-order valence-corrected chi connectivity index (χ4v) is 1.48. The third-order valence-electron chi connectivity index (χ3n) is 2.79. The molecule has 3 N–H and O–H groups in total. The summed E-state index contributed by atoms with van der Waals surface area (Å²) >= 11 is 0. The lowest BCUT2D eigenvalue weighted by atomic mass is 9.81. The fourth-order valence-electron chi connectivity index (χ4n) is 1.48. The van der Waals surface area contributed by atoms with Gasteiger partial charge in [-0.1, -0.05) is 13.8 Å². The topological polar surface area (TPSA) is 55.5 Å². The summed E-state index contributed by atoms with van der Waals surface area (Å²) in [5, 5.41) is 9.16. The van der Waals surface area contributed by atoms with Gasteiger partial charge in [0, 0.05) is 23.6 Å². The van der Waals surface area contributed by atoms with Crippen LogP contribution in [0.15, 0.2) is 18.2 Å². The first-order valence-corrected chi connectivity index (χ1v) is 5.48. The van der Waals surface area contributed by atoms with Gasteiger partial charge >= 0.3 is 6.36 Å². The van der Waals surface area contributed by atoms with Crippen molar-refractivity contribution in [1.29, 1.82) is 0 Å². The largest absolute Gasteiger partial charge is 0.573 e. The zero-order valence-electron chi connectivity index (χ0n) is 10.9. The summed E-state index contributed by atoms with van der Waals surface area (Å²) in [5.74, 6) is -1.29. The molecule has 0 unspecified atom stereocenters. The first kappa shape index (κ1) is 18.9. The van der Waals surface area contributed by atoms with Gasteiger partial charge in [-0.3, -0.25) is 0 Å². The molecule has 1 aromatic rings. The summed E-state index contributed by atoms with van der Waals surface area (Å²) in [6, 6.07) is 1.65. The van der Waals surface area contributed by atoms with Gasteiger partial charge < -0.3 is 15.6 Å². The molecule has 116 valence electrons. The van der Waals surface area contributed by atoms with Gasteiger partial charge in [0.1, 0.15) is 11.6 Å². The lowest BCUT2D eigenvalue weighted by Gasteiger charge is -2.30. The number of hydrogen-bond acceptors (Lipinski definition) is 3. The standard InChI is InChI=1S/C12H15F4NO2.ClH/c1-11(2,6-18)10(17)8-5-7(3-4-9(8)13)19-12(14,15)16;/h3-5,10,18H,6,17H2,1-2H3;1H/t10-;/m0./s1. The predicted molar refractivity (Wildman–Crippen MR) is 68.1 cm³/mol. The van der Waals surface area contributed by atoms with Gasteiger partial charge in [0.2, 0.25) is 0 Å². The predicted octanol–water partition coefficient (Wildman–Crippen LogP) is 3.16. The second-order valence-corrected chi connectivity index (χ2v) is 4.86. The Morgan fingerprint density at radius 3 is 2.30 bits per heavy atom. The van der Waals surface area contributed by atoms with Crippen molar-refractivity contribution in [2.45, 2.75) is 26.3 Å². The van der Waals surface area contributed by atoms with Crippen molar-refractivity contribution in [3.63, 3.8) is 0 Å². The van der Waals surface area contributed by atoms with E-state index < -0.39 is 29.4 Å². The van der Waals surface area contributed by atoms with Crippen LogP contribution in [0.25, 0.3) is 0 Å². The quantitative estimate of drug-likeness (QED) is 0.839. The zero-order chi connectivity index (χ0) is 14.8. The van der Waals surface area contributed by atoms with Crippen molar-refractivity contribution in [3.05, 3.63) is 29.6 Å². The molecule has 0 aliphatic rings. The summed E-state index contributed by atoms with van der Waals surface area (Å²) in [7, 11) is 0. The third-order valence-corrected chi connectivity index (χ3v) is 2.79. The maximum Gasteiger partial charge on any atom is 0.573 e. The number of alkyl halides is 3. The molecule has 0 radical (unpaired) electrons. The average Bonchev–Trinajstić information content (AvgIpc) is 2.29. The Bertz CT molecular complexity index is 452. The SMILES string of the molecule is CC(C)(CO)[C@@H](N)c1cc(OC(F)(F)F)ccc1F.Cl. The van der Waals surface area contributed by atoms with E-state index in [-0.39, 0.29) is 24.6 Å². The molecule has 1 rings (SSSR count). The van der Waals surface area contributed by atoms with Gasteiger partial charge in [0.25, 0.3) is 0 Å². The minimum absolute atomic E-state index is 0. The zero-order valence-corrected chi connectivity index (χ0v) is 11.7. The molecule has 0 bridgehead atoms. The first-order chi connectivity index (χ1) is 8.57. The Labute approximate surface area is 120 Å². The molecule has 0 heterocycles. The summed E-state index contributed by atoms with van der Waals surface area (Å²) in [6.45, 7) is 2.82. The molecule has 1 aromatic carbocycles. The van der Waals surface area contributed by atoms with Crippen LogP contribution in [0.3, 0.4) is 0 Å². The van der Waals surface area contributed by atoms with Crippen LogP contribution >= 0.6 is 12.4 Å². The lowest BCUT2D eigenvalue weighted by molar-refractivity contribution is -0.274. The molecule has 0 saturated heterocycles. The highest BCUT2D eigenvalue weighted by atomic mass is 35.5. The molecule has 0 fully saturated rings. The van der Waals surface area contributed by atoms with Crippen LogP contribution in [0, 0.1) is 11.2 Å². The Balaban J connectivity index is 0.00000361. The van der Waals surface area contributed by atoms with Crippen molar-refractivity contribution in [1.82, 2.24) is 0 Å². The van der Waals surface area contributed by atoms with Crippen LogP contribution in [-0.2, 0) is 0 Å². The maximum atomic E-state index is 13.6. The monoisotopic (exact) mass is 317 g/mol. The van der Waals surface area contributed by atoms with E-state index in [1.807, 2.05) is 0 Å². The molecule has 0 spiro atoms. The van der Waals surface area contributed by atoms with Crippen molar-refractivity contribution >= 4 is 12.4 Å². The van der Waals surface area contributed by atoms with Gasteiger partial charge in [-0.15, -0.1) is 25.6 Å². The molecule has 0 aliphatic heterocycles. The van der Waals surface area contributed by atoms with E-state index in [1.165, 1.54) is 0 Å². The first-order valence-electron chi connectivity index (χ1n) is 5.48. The van der Waals surface area contributed by atoms with E-state index in [0.29, 0.717) is 0 Å². The molecule has 0 saturated carbocycles. The van der Waals surface area contributed by atoms with E-state index in [0.717, 1.165) is 18.2 Å². The molecule has 0 aromatic heterocycles. The summed E-state index contributed by atoms with van der Waals surface area (Å²) in [4.78, 5) is 0. The number of rotatable bonds is 4. The highest BCUT2D eigenvalue weighted by Gasteiger charge is 2.33. The molecule has 0 aliphatic carbocycles. The van der Waals surface area contributed by atoms with Crippen LogP contribution in [0.4, 0.5) is 17.6 Å². The Morgan fingerprint density at radius 1 is 1.30 bits per heavy atom. The number of benzene rings is 1. The Kier molecular flexibility index (Phi) is 6.25. The molecular weight excluding hydrogens is 302 g/mol. The summed E-state index contributed by atoms with van der Waals surface area (Å²) < 4.78 is 53.6. The average molecular weight is 318 g/mol. The fraction of sp³-hybridized carbons (Fsp3) is 0.500. The molecule has 1 atom stereocenters. The van der Waals surface area contributed by atoms with Crippen LogP contribution in [0.2, 0.25) is 0 Å². The second kappa shape index (κ2) is 6.60. The lowest BCUT2D eigenvalue weighted by Crippen LogP contribution is -2.33. The van der Waals surface area contributed by atoms with Gasteiger partial charge in [0.15, 0.2) is 0 Å². The Hall–Kier alpha value is -1.05. The van der Waals surface area contributed by atoms with E-state index in [4.69, 9.17) is 10.8 Å². The maximum absolute atomic E-state index is 13.6. The number of nitrogens with two attached hydrogens (primary N) is 1. The number of aliphatic hydroxyl groups excluding tert-OH is 1. The van der Waals surface area contributed by atoms with E-state index in [1.54, 1.807) is 13.8 Å². The second-order valence-electron chi connectivity index (χ2n) is 4.86. The van der Waals surface area contributed by atoms with Crippen LogP contribution < -0.4 is 10.5 Å². The summed E-state index contributed by atoms with van der Waals surface area (Å²) in [5.41, 5.74) is 4.76.